The number of aromatic carboxylic acids is 3. The van der Waals surface area contributed by atoms with Gasteiger partial charge in [-0.05, 0) is 106 Å². The molecule has 0 saturated heterocycles. The molecule has 0 fully saturated rings. The summed E-state index contributed by atoms with van der Waals surface area (Å²) in [5.41, 5.74) is 4.14. The molecule has 0 bridgehead atoms. The van der Waals surface area contributed by atoms with Crippen molar-refractivity contribution in [1.82, 2.24) is 9.80 Å². The van der Waals surface area contributed by atoms with Crippen LogP contribution in [0.1, 0.15) is 122 Å². The van der Waals surface area contributed by atoms with Gasteiger partial charge in [0, 0.05) is 37.3 Å². The summed E-state index contributed by atoms with van der Waals surface area (Å²) >= 11 is 0. The topological polar surface area (TPSA) is 187 Å². The lowest BCUT2D eigenvalue weighted by Crippen LogP contribution is -2.32. The predicted octanol–water partition coefficient (Wildman–Crippen LogP) is 7.02. The van der Waals surface area contributed by atoms with Gasteiger partial charge in [-0.2, -0.15) is 9.59 Å². The van der Waals surface area contributed by atoms with Crippen molar-refractivity contribution in [2.75, 3.05) is 26.2 Å². The van der Waals surface area contributed by atoms with Crippen LogP contribution in [-0.2, 0) is 9.59 Å². The van der Waals surface area contributed by atoms with Crippen molar-refractivity contribution >= 4 is 35.9 Å². The normalized spacial score (nSPS) is 9.63. The number of aryl methyl sites for hydroxylation is 3. The summed E-state index contributed by atoms with van der Waals surface area (Å²) in [6.45, 7) is 16.3. The van der Waals surface area contributed by atoms with E-state index in [0.29, 0.717) is 42.9 Å². The highest BCUT2D eigenvalue weighted by Gasteiger charge is 2.18. The van der Waals surface area contributed by atoms with Gasteiger partial charge < -0.3 is 25.1 Å². The molecule has 0 spiro atoms. The fraction of sp³-hybridized carbons (Fsp3) is 0.385. The monoisotopic (exact) mass is 706 g/mol. The summed E-state index contributed by atoms with van der Waals surface area (Å²) < 4.78 is 0. The van der Waals surface area contributed by atoms with Crippen molar-refractivity contribution in [3.05, 3.63) is 105 Å². The molecule has 276 valence electrons. The maximum Gasteiger partial charge on any atom is 0.373 e. The van der Waals surface area contributed by atoms with Gasteiger partial charge in [0.25, 0.3) is 11.8 Å². The van der Waals surface area contributed by atoms with Gasteiger partial charge in [-0.3, -0.25) is 9.59 Å². The lowest BCUT2D eigenvalue weighted by atomic mass is 10.1. The number of benzene rings is 3. The molecule has 0 aliphatic carbocycles. The van der Waals surface area contributed by atoms with Crippen molar-refractivity contribution in [3.8, 4) is 0 Å². The zero-order valence-electron chi connectivity index (χ0n) is 30.5. The highest BCUT2D eigenvalue weighted by molar-refractivity contribution is 5.98. The number of carboxylic acids is 3. The largest absolute Gasteiger partial charge is 0.478 e. The van der Waals surface area contributed by atoms with Gasteiger partial charge in [-0.15, -0.1) is 0 Å². The Balaban J connectivity index is 0.000000737. The quantitative estimate of drug-likeness (QED) is 0.167. The van der Waals surface area contributed by atoms with Crippen molar-refractivity contribution in [2.24, 2.45) is 0 Å². The molecule has 3 aromatic carbocycles. The first kappa shape index (κ1) is 45.4. The SMILES string of the molecule is CCCN(CCC)C(=O)c1cc(C)cc(C(=O)O)c1.CCCN(CCC)C(=O)c1cc(C)cc(C(=O)O)c1.Cc1cccc(C(=O)O)c1.O=C=O. The second kappa shape index (κ2) is 24.5. The highest BCUT2D eigenvalue weighted by atomic mass is 16.4. The number of hydrogen-bond acceptors (Lipinski definition) is 7. The van der Waals surface area contributed by atoms with Gasteiger partial charge in [0.05, 0.1) is 16.7 Å². The second-order valence-corrected chi connectivity index (χ2v) is 11.6. The third kappa shape index (κ3) is 17.1. The fourth-order valence-electron chi connectivity index (χ4n) is 4.91. The summed E-state index contributed by atoms with van der Waals surface area (Å²) in [5.74, 6) is -3.06. The lowest BCUT2D eigenvalue weighted by Gasteiger charge is -2.21. The Hall–Kier alpha value is -5.61. The smallest absolute Gasteiger partial charge is 0.373 e. The Morgan fingerprint density at radius 2 is 0.784 bits per heavy atom. The molecule has 0 unspecified atom stereocenters. The lowest BCUT2D eigenvalue weighted by molar-refractivity contribution is -0.191. The van der Waals surface area contributed by atoms with Crippen molar-refractivity contribution in [2.45, 2.75) is 74.1 Å². The zero-order chi connectivity index (χ0) is 39.1. The summed E-state index contributed by atoms with van der Waals surface area (Å²) in [6.07, 6.45) is 3.82. The first-order valence-corrected chi connectivity index (χ1v) is 16.7. The second-order valence-electron chi connectivity index (χ2n) is 11.6. The first-order valence-electron chi connectivity index (χ1n) is 16.7. The third-order valence-electron chi connectivity index (χ3n) is 6.96. The zero-order valence-corrected chi connectivity index (χ0v) is 30.5. The van der Waals surface area contributed by atoms with E-state index in [9.17, 15) is 24.0 Å². The van der Waals surface area contributed by atoms with Gasteiger partial charge in [-0.1, -0.05) is 45.4 Å². The highest BCUT2D eigenvalue weighted by Crippen LogP contribution is 2.15. The molecule has 0 aromatic heterocycles. The number of rotatable bonds is 13. The molecular formula is C39H50N2O10. The van der Waals surface area contributed by atoms with Crippen LogP contribution >= 0.6 is 0 Å². The molecule has 2 amide bonds. The molecule has 0 heterocycles. The fourth-order valence-corrected chi connectivity index (χ4v) is 4.91. The number of carbonyl (C=O) groups is 5. The molecule has 12 heteroatoms. The van der Waals surface area contributed by atoms with Crippen LogP contribution in [-0.4, -0.2) is 87.2 Å². The van der Waals surface area contributed by atoms with Crippen LogP contribution in [0.4, 0.5) is 0 Å². The van der Waals surface area contributed by atoms with Crippen LogP contribution in [0.15, 0.2) is 60.7 Å². The molecule has 0 atom stereocenters. The maximum atomic E-state index is 12.4. The van der Waals surface area contributed by atoms with Gasteiger partial charge >= 0.3 is 24.1 Å². The predicted molar refractivity (Wildman–Crippen MR) is 192 cm³/mol. The maximum absolute atomic E-state index is 12.4. The molecule has 3 aromatic rings. The molecule has 0 radical (unpaired) electrons. The van der Waals surface area contributed by atoms with E-state index in [-0.39, 0.29) is 29.1 Å². The van der Waals surface area contributed by atoms with Crippen molar-refractivity contribution < 1.29 is 48.9 Å². The van der Waals surface area contributed by atoms with E-state index in [0.717, 1.165) is 42.4 Å². The van der Waals surface area contributed by atoms with Crippen LogP contribution in [0.25, 0.3) is 0 Å². The molecule has 12 nitrogen and oxygen atoms in total. The van der Waals surface area contributed by atoms with E-state index in [2.05, 4.69) is 0 Å². The van der Waals surface area contributed by atoms with E-state index in [1.807, 2.05) is 40.7 Å². The van der Waals surface area contributed by atoms with E-state index in [1.54, 1.807) is 66.1 Å². The summed E-state index contributed by atoms with van der Waals surface area (Å²) in [4.78, 5) is 77.0. The van der Waals surface area contributed by atoms with Crippen molar-refractivity contribution in [1.29, 1.82) is 0 Å². The van der Waals surface area contributed by atoms with Crippen LogP contribution in [0.3, 0.4) is 0 Å². The Morgan fingerprint density at radius 1 is 0.490 bits per heavy atom. The Labute approximate surface area is 299 Å². The first-order chi connectivity index (χ1) is 24.1. The average Bonchev–Trinajstić information content (AvgIpc) is 3.07. The molecule has 3 rings (SSSR count). The van der Waals surface area contributed by atoms with E-state index in [4.69, 9.17) is 24.9 Å². The van der Waals surface area contributed by atoms with E-state index in [1.165, 1.54) is 12.1 Å². The minimum absolute atomic E-state index is 0.0881. The molecule has 0 aliphatic rings. The minimum Gasteiger partial charge on any atom is -0.478 e. The molecule has 3 N–H and O–H groups in total. The molecular weight excluding hydrogens is 656 g/mol. The van der Waals surface area contributed by atoms with Crippen LogP contribution in [0.5, 0.6) is 0 Å². The minimum atomic E-state index is -1.00. The van der Waals surface area contributed by atoms with Gasteiger partial charge in [0.15, 0.2) is 0 Å². The van der Waals surface area contributed by atoms with Crippen LogP contribution in [0, 0.1) is 20.8 Å². The van der Waals surface area contributed by atoms with Crippen molar-refractivity contribution in [3.63, 3.8) is 0 Å². The molecule has 51 heavy (non-hydrogen) atoms. The summed E-state index contributed by atoms with van der Waals surface area (Å²) in [6, 6.07) is 16.4. The summed E-state index contributed by atoms with van der Waals surface area (Å²) in [7, 11) is 0. The van der Waals surface area contributed by atoms with E-state index < -0.39 is 17.9 Å². The molecule has 0 saturated carbocycles. The van der Waals surface area contributed by atoms with Gasteiger partial charge in [0.2, 0.25) is 0 Å². The van der Waals surface area contributed by atoms with E-state index >= 15 is 0 Å². The van der Waals surface area contributed by atoms with Gasteiger partial charge in [0.1, 0.15) is 0 Å². The number of carbonyl (C=O) groups excluding carboxylic acids is 4. The summed E-state index contributed by atoms with van der Waals surface area (Å²) in [5, 5.41) is 26.6. The third-order valence-corrected chi connectivity index (χ3v) is 6.96. The van der Waals surface area contributed by atoms with Gasteiger partial charge in [-0.25, -0.2) is 14.4 Å². The standard InChI is InChI=1S/2C15H21NO3.C8H8O2.CO2/c2*1-4-6-16(7-5-2)14(17)12-8-11(3)9-13(10-12)15(18)19;1-6-3-2-4-7(5-6)8(9)10;2-1-3/h2*8-10H,4-7H2,1-3H3,(H,18,19);2-5H,1H3,(H,9,10);. The average molecular weight is 707 g/mol. The number of amides is 2. The molecule has 0 aliphatic heterocycles. The van der Waals surface area contributed by atoms with Crippen LogP contribution < -0.4 is 0 Å². The number of nitrogens with zero attached hydrogens (tertiary/aromatic N) is 2. The Bertz CT molecular complexity index is 1550. The van der Waals surface area contributed by atoms with Crippen LogP contribution in [0.2, 0.25) is 0 Å². The Morgan fingerprint density at radius 3 is 1.04 bits per heavy atom. The number of hydrogen-bond donors (Lipinski definition) is 3. The number of carboxylic acid groups (broad SMARTS) is 3. The Kier molecular flexibility index (Phi) is 21.8.